The number of ether oxygens (including phenoxy) is 1. The van der Waals surface area contributed by atoms with E-state index >= 15 is 0 Å². The van der Waals surface area contributed by atoms with Crippen LogP contribution in [0, 0.1) is 0 Å². The molecule has 14 heavy (non-hydrogen) atoms. The van der Waals surface area contributed by atoms with Gasteiger partial charge in [-0.1, -0.05) is 0 Å². The number of aromatic nitrogens is 2. The van der Waals surface area contributed by atoms with E-state index in [9.17, 15) is 0 Å². The molecule has 0 aromatic carbocycles. The molecular weight excluding hydrogens is 178 g/mol. The predicted octanol–water partition coefficient (Wildman–Crippen LogP) is 0.346. The van der Waals surface area contributed by atoms with Crippen molar-refractivity contribution in [1.29, 1.82) is 0 Å². The Labute approximate surface area is 84.1 Å². The second-order valence-electron chi connectivity index (χ2n) is 3.84. The average molecular weight is 195 g/mol. The second-order valence-corrected chi connectivity index (χ2v) is 3.84. The Morgan fingerprint density at radius 3 is 3.36 bits per heavy atom. The van der Waals surface area contributed by atoms with Crippen LogP contribution in [0.5, 0.6) is 0 Å². The van der Waals surface area contributed by atoms with Crippen molar-refractivity contribution in [2.75, 3.05) is 13.7 Å². The molecule has 2 rings (SSSR count). The normalized spacial score (nSPS) is 20.9. The maximum absolute atomic E-state index is 5.89. The molecule has 1 aromatic rings. The first-order chi connectivity index (χ1) is 6.79. The Morgan fingerprint density at radius 1 is 1.71 bits per heavy atom. The van der Waals surface area contributed by atoms with E-state index in [1.54, 1.807) is 7.11 Å². The van der Waals surface area contributed by atoms with Gasteiger partial charge in [-0.05, 0) is 6.42 Å². The summed E-state index contributed by atoms with van der Waals surface area (Å²) >= 11 is 0. The van der Waals surface area contributed by atoms with E-state index < -0.39 is 0 Å². The number of imidazole rings is 1. The lowest BCUT2D eigenvalue weighted by Crippen LogP contribution is -2.31. The van der Waals surface area contributed by atoms with Crippen molar-refractivity contribution in [1.82, 2.24) is 9.55 Å². The largest absolute Gasteiger partial charge is 0.384 e. The monoisotopic (exact) mass is 195 g/mol. The molecule has 1 aromatic heterocycles. The molecule has 0 saturated heterocycles. The van der Waals surface area contributed by atoms with Gasteiger partial charge in [-0.15, -0.1) is 0 Å². The Morgan fingerprint density at radius 2 is 2.57 bits per heavy atom. The van der Waals surface area contributed by atoms with Crippen molar-refractivity contribution in [3.63, 3.8) is 0 Å². The highest BCUT2D eigenvalue weighted by Gasteiger charge is 2.16. The topological polar surface area (TPSA) is 53.1 Å². The number of nitrogens with zero attached hydrogens (tertiary/aromatic N) is 2. The van der Waals surface area contributed by atoms with Gasteiger partial charge in [-0.3, -0.25) is 0 Å². The Bertz CT molecular complexity index is 308. The van der Waals surface area contributed by atoms with Crippen molar-refractivity contribution in [2.24, 2.45) is 5.73 Å². The van der Waals surface area contributed by atoms with E-state index in [0.717, 1.165) is 38.1 Å². The maximum atomic E-state index is 5.89. The number of fused-ring (bicyclic) bond motifs is 1. The molecule has 1 atom stereocenters. The number of hydrogen-bond donors (Lipinski definition) is 1. The van der Waals surface area contributed by atoms with Gasteiger partial charge in [-0.25, -0.2) is 4.98 Å². The molecule has 4 nitrogen and oxygen atoms in total. The molecule has 0 spiro atoms. The third kappa shape index (κ3) is 1.96. The Kier molecular flexibility index (Phi) is 2.84. The van der Waals surface area contributed by atoms with Crippen molar-refractivity contribution >= 4 is 0 Å². The van der Waals surface area contributed by atoms with Crippen LogP contribution in [-0.2, 0) is 24.1 Å². The third-order valence-electron chi connectivity index (χ3n) is 2.64. The first-order valence-electron chi connectivity index (χ1n) is 5.09. The van der Waals surface area contributed by atoms with E-state index in [4.69, 9.17) is 10.5 Å². The molecule has 0 saturated carbocycles. The molecule has 0 radical (unpaired) electrons. The van der Waals surface area contributed by atoms with Crippen LogP contribution in [0.1, 0.15) is 17.9 Å². The van der Waals surface area contributed by atoms with E-state index in [-0.39, 0.29) is 0 Å². The summed E-state index contributed by atoms with van der Waals surface area (Å²) < 4.78 is 7.20. The summed E-state index contributed by atoms with van der Waals surface area (Å²) in [5.41, 5.74) is 7.01. The fourth-order valence-electron chi connectivity index (χ4n) is 1.86. The zero-order valence-corrected chi connectivity index (χ0v) is 8.57. The summed E-state index contributed by atoms with van der Waals surface area (Å²) in [6, 6.07) is 0.298. The summed E-state index contributed by atoms with van der Waals surface area (Å²) in [7, 11) is 1.71. The van der Waals surface area contributed by atoms with E-state index in [0.29, 0.717) is 6.04 Å². The van der Waals surface area contributed by atoms with Crippen LogP contribution in [0.2, 0.25) is 0 Å². The fourth-order valence-corrected chi connectivity index (χ4v) is 1.86. The predicted molar refractivity (Wildman–Crippen MR) is 54.1 cm³/mol. The smallest absolute Gasteiger partial charge is 0.109 e. The first-order valence-corrected chi connectivity index (χ1v) is 5.09. The molecule has 0 fully saturated rings. The van der Waals surface area contributed by atoms with Crippen LogP contribution >= 0.6 is 0 Å². The lowest BCUT2D eigenvalue weighted by atomic mass is 10.1. The number of nitrogens with two attached hydrogens (primary N) is 1. The van der Waals surface area contributed by atoms with E-state index in [1.165, 1.54) is 5.82 Å². The molecule has 0 amide bonds. The quantitative estimate of drug-likeness (QED) is 0.757. The second kappa shape index (κ2) is 4.11. The maximum Gasteiger partial charge on any atom is 0.109 e. The van der Waals surface area contributed by atoms with Crippen molar-refractivity contribution in [3.8, 4) is 0 Å². The lowest BCUT2D eigenvalue weighted by molar-refractivity contribution is 0.201. The van der Waals surface area contributed by atoms with Crippen LogP contribution < -0.4 is 5.73 Å². The molecular formula is C10H17N3O. The van der Waals surface area contributed by atoms with Crippen LogP contribution in [0.3, 0.4) is 0 Å². The van der Waals surface area contributed by atoms with Gasteiger partial charge in [-0.2, -0.15) is 0 Å². The molecule has 1 unspecified atom stereocenters. The summed E-state index contributed by atoms with van der Waals surface area (Å²) in [6.45, 7) is 1.65. The summed E-state index contributed by atoms with van der Waals surface area (Å²) in [4.78, 5) is 4.55. The van der Waals surface area contributed by atoms with Gasteiger partial charge in [0.1, 0.15) is 5.82 Å². The molecule has 0 aliphatic carbocycles. The number of hydrogen-bond acceptors (Lipinski definition) is 3. The van der Waals surface area contributed by atoms with Crippen LogP contribution in [0.25, 0.3) is 0 Å². The van der Waals surface area contributed by atoms with Crippen LogP contribution in [0.15, 0.2) is 6.20 Å². The minimum atomic E-state index is 0.298. The number of aryl methyl sites for hydroxylation is 1. The molecule has 2 heterocycles. The highest BCUT2D eigenvalue weighted by molar-refractivity contribution is 5.07. The standard InChI is InChI=1S/C10H17N3O/c1-14-5-4-9-7-13-6-8(11)2-3-10(13)12-9/h7-8H,2-6,11H2,1H3. The Balaban J connectivity index is 2.07. The Hall–Kier alpha value is -0.870. The number of methoxy groups -OCH3 is 1. The van der Waals surface area contributed by atoms with Gasteiger partial charge < -0.3 is 15.0 Å². The van der Waals surface area contributed by atoms with Gasteiger partial charge in [0.25, 0.3) is 0 Å². The van der Waals surface area contributed by atoms with Gasteiger partial charge >= 0.3 is 0 Å². The third-order valence-corrected chi connectivity index (χ3v) is 2.64. The highest BCUT2D eigenvalue weighted by Crippen LogP contribution is 2.14. The highest BCUT2D eigenvalue weighted by atomic mass is 16.5. The van der Waals surface area contributed by atoms with Gasteiger partial charge in [0.2, 0.25) is 0 Å². The summed E-state index contributed by atoms with van der Waals surface area (Å²) in [5.74, 6) is 1.18. The molecule has 2 N–H and O–H groups in total. The van der Waals surface area contributed by atoms with Crippen LogP contribution in [-0.4, -0.2) is 29.3 Å². The summed E-state index contributed by atoms with van der Waals surface area (Å²) in [5, 5.41) is 0. The SMILES string of the molecule is COCCc1cn2c(n1)CCC(N)C2. The molecule has 0 bridgehead atoms. The lowest BCUT2D eigenvalue weighted by Gasteiger charge is -2.19. The average Bonchev–Trinajstić information content (AvgIpc) is 2.56. The fraction of sp³-hybridized carbons (Fsp3) is 0.700. The molecule has 78 valence electrons. The van der Waals surface area contributed by atoms with Crippen molar-refractivity contribution < 1.29 is 4.74 Å². The van der Waals surface area contributed by atoms with Gasteiger partial charge in [0, 0.05) is 38.7 Å². The zero-order chi connectivity index (χ0) is 9.97. The van der Waals surface area contributed by atoms with E-state index in [2.05, 4.69) is 15.7 Å². The molecule has 1 aliphatic heterocycles. The minimum absolute atomic E-state index is 0.298. The minimum Gasteiger partial charge on any atom is -0.384 e. The van der Waals surface area contributed by atoms with Gasteiger partial charge in [0.05, 0.1) is 12.3 Å². The van der Waals surface area contributed by atoms with Crippen molar-refractivity contribution in [3.05, 3.63) is 17.7 Å². The zero-order valence-electron chi connectivity index (χ0n) is 8.57. The van der Waals surface area contributed by atoms with Crippen LogP contribution in [0.4, 0.5) is 0 Å². The van der Waals surface area contributed by atoms with E-state index in [1.807, 2.05) is 0 Å². The molecule has 1 aliphatic rings. The van der Waals surface area contributed by atoms with Gasteiger partial charge in [0.15, 0.2) is 0 Å². The van der Waals surface area contributed by atoms with Crippen molar-refractivity contribution in [2.45, 2.75) is 31.8 Å². The summed E-state index contributed by atoms with van der Waals surface area (Å²) in [6.07, 6.45) is 5.06. The first kappa shape index (κ1) is 9.68. The molecule has 4 heteroatoms. The number of rotatable bonds is 3.